The summed E-state index contributed by atoms with van der Waals surface area (Å²) in [6.45, 7) is 13.7. The fraction of sp³-hybridized carbons (Fsp3) is 0.609. The number of likely N-dealkylation sites (N-methyl/N-ethyl adjacent to an activating group) is 1. The largest absolute Gasteiger partial charge is 0.313 e. The maximum absolute atomic E-state index is 13.0. The van der Waals surface area contributed by atoms with E-state index in [0.29, 0.717) is 12.6 Å². The number of hydrogen-bond acceptors (Lipinski definition) is 5. The van der Waals surface area contributed by atoms with Gasteiger partial charge in [0.25, 0.3) is 0 Å². The monoisotopic (exact) mass is 432 g/mol. The summed E-state index contributed by atoms with van der Waals surface area (Å²) in [5, 5.41) is 0.203. The first kappa shape index (κ1) is 23.0. The van der Waals surface area contributed by atoms with E-state index in [4.69, 9.17) is 0 Å². The van der Waals surface area contributed by atoms with Crippen molar-refractivity contribution in [1.29, 1.82) is 0 Å². The first-order valence-electron chi connectivity index (χ1n) is 11.1. The molecule has 30 heavy (non-hydrogen) atoms. The molecule has 2 aromatic rings. The Morgan fingerprint density at radius 2 is 1.83 bits per heavy atom. The Balaban J connectivity index is 1.85. The number of hydrogen-bond donors (Lipinski definition) is 0. The van der Waals surface area contributed by atoms with Gasteiger partial charge >= 0.3 is 0 Å². The molecule has 3 rings (SSSR count). The van der Waals surface area contributed by atoms with Crippen LogP contribution in [0.25, 0.3) is 0 Å². The average Bonchev–Trinajstić information content (AvgIpc) is 3.31. The van der Waals surface area contributed by atoms with Crippen molar-refractivity contribution in [2.24, 2.45) is 5.92 Å². The summed E-state index contributed by atoms with van der Waals surface area (Å²) in [6, 6.07) is 10.6. The lowest BCUT2D eigenvalue weighted by Gasteiger charge is -2.26. The summed E-state index contributed by atoms with van der Waals surface area (Å²) in [6.07, 6.45) is 2.92. The molecule has 2 heterocycles. The third-order valence-electron chi connectivity index (χ3n) is 5.88. The molecule has 1 unspecified atom stereocenters. The smallest absolute Gasteiger partial charge is 0.228 e. The van der Waals surface area contributed by atoms with Crippen LogP contribution in [-0.2, 0) is 22.9 Å². The van der Waals surface area contributed by atoms with E-state index in [0.717, 1.165) is 50.4 Å². The minimum absolute atomic E-state index is 0.0636. The second-order valence-corrected chi connectivity index (χ2v) is 10.6. The van der Waals surface area contributed by atoms with Gasteiger partial charge in [0.15, 0.2) is 0 Å². The quantitative estimate of drug-likeness (QED) is 0.577. The number of imidazole rings is 1. The van der Waals surface area contributed by atoms with Crippen molar-refractivity contribution in [3.05, 3.63) is 47.8 Å². The maximum Gasteiger partial charge on any atom is 0.228 e. The van der Waals surface area contributed by atoms with Gasteiger partial charge in [0.2, 0.25) is 15.0 Å². The molecule has 0 N–H and O–H groups in total. The van der Waals surface area contributed by atoms with Gasteiger partial charge in [0.1, 0.15) is 0 Å². The van der Waals surface area contributed by atoms with E-state index in [1.165, 1.54) is 0 Å². The van der Waals surface area contributed by atoms with Crippen molar-refractivity contribution in [2.45, 2.75) is 58.4 Å². The lowest BCUT2D eigenvalue weighted by molar-refractivity contribution is 0.208. The second kappa shape index (κ2) is 10.1. The molecule has 166 valence electrons. The molecule has 0 spiro atoms. The molecule has 1 saturated heterocycles. The Hall–Kier alpha value is -1.70. The summed E-state index contributed by atoms with van der Waals surface area (Å²) in [5.41, 5.74) is 2.06. The Labute approximate surface area is 181 Å². The second-order valence-electron chi connectivity index (χ2n) is 8.68. The lowest BCUT2D eigenvalue weighted by atomic mass is 10.2. The molecule has 0 aliphatic carbocycles. The number of sulfone groups is 1. The van der Waals surface area contributed by atoms with Crippen molar-refractivity contribution < 1.29 is 8.42 Å². The predicted molar refractivity (Wildman–Crippen MR) is 121 cm³/mol. The van der Waals surface area contributed by atoms with Gasteiger partial charge in [-0.1, -0.05) is 58.0 Å². The highest BCUT2D eigenvalue weighted by Crippen LogP contribution is 2.22. The molecule has 1 atom stereocenters. The molecule has 1 aliphatic rings. The Morgan fingerprint density at radius 1 is 1.13 bits per heavy atom. The molecule has 0 bridgehead atoms. The van der Waals surface area contributed by atoms with E-state index in [2.05, 4.69) is 28.6 Å². The lowest BCUT2D eigenvalue weighted by Crippen LogP contribution is -2.37. The highest BCUT2D eigenvalue weighted by Gasteiger charge is 2.29. The van der Waals surface area contributed by atoms with Crippen LogP contribution in [0, 0.1) is 5.92 Å². The number of aromatic nitrogens is 2. The van der Waals surface area contributed by atoms with Crippen LogP contribution in [0.3, 0.4) is 0 Å². The van der Waals surface area contributed by atoms with Gasteiger partial charge in [-0.05, 0) is 31.0 Å². The molecule has 0 saturated carbocycles. The SMILES string of the molecule is CCN(CC)C1CCN(Cc2cnc(S(=O)(=O)CC(C)C)n2Cc2ccccc2)C1. The highest BCUT2D eigenvalue weighted by molar-refractivity contribution is 7.91. The number of rotatable bonds is 10. The van der Waals surface area contributed by atoms with E-state index in [-0.39, 0.29) is 16.8 Å². The molecular weight excluding hydrogens is 396 g/mol. The van der Waals surface area contributed by atoms with Crippen LogP contribution in [0.4, 0.5) is 0 Å². The van der Waals surface area contributed by atoms with Crippen LogP contribution < -0.4 is 0 Å². The van der Waals surface area contributed by atoms with Gasteiger partial charge in [-0.25, -0.2) is 13.4 Å². The zero-order chi connectivity index (χ0) is 21.7. The molecule has 1 aliphatic heterocycles. The fourth-order valence-corrected chi connectivity index (χ4v) is 6.20. The zero-order valence-corrected chi connectivity index (χ0v) is 19.6. The highest BCUT2D eigenvalue weighted by atomic mass is 32.2. The van der Waals surface area contributed by atoms with Crippen molar-refractivity contribution in [1.82, 2.24) is 19.4 Å². The average molecular weight is 433 g/mol. The maximum atomic E-state index is 13.0. The van der Waals surface area contributed by atoms with Crippen molar-refractivity contribution >= 4 is 9.84 Å². The van der Waals surface area contributed by atoms with Gasteiger partial charge in [0, 0.05) is 25.7 Å². The van der Waals surface area contributed by atoms with Gasteiger partial charge in [0.05, 0.1) is 24.2 Å². The Kier molecular flexibility index (Phi) is 7.71. The minimum atomic E-state index is -3.43. The van der Waals surface area contributed by atoms with Crippen LogP contribution >= 0.6 is 0 Å². The molecule has 1 aromatic carbocycles. The van der Waals surface area contributed by atoms with Crippen molar-refractivity contribution in [3.8, 4) is 0 Å². The van der Waals surface area contributed by atoms with Crippen molar-refractivity contribution in [3.63, 3.8) is 0 Å². The summed E-state index contributed by atoms with van der Waals surface area (Å²) >= 11 is 0. The van der Waals surface area contributed by atoms with E-state index in [1.807, 2.05) is 48.7 Å². The standard InChI is InChI=1S/C23H36N4O2S/c1-5-26(6-2)21-12-13-25(16-21)17-22-14-24-23(30(28,29)18-19(3)4)27(22)15-20-10-8-7-9-11-20/h7-11,14,19,21H,5-6,12-13,15-18H2,1-4H3. The molecule has 1 fully saturated rings. The van der Waals surface area contributed by atoms with E-state index < -0.39 is 9.84 Å². The van der Waals surface area contributed by atoms with Crippen LogP contribution in [0.2, 0.25) is 0 Å². The summed E-state index contributed by atoms with van der Waals surface area (Å²) in [4.78, 5) is 9.35. The summed E-state index contributed by atoms with van der Waals surface area (Å²) in [7, 11) is -3.43. The molecule has 1 aromatic heterocycles. The Bertz CT molecular complexity index is 905. The van der Waals surface area contributed by atoms with Crippen LogP contribution in [0.1, 0.15) is 45.4 Å². The molecule has 7 heteroatoms. The van der Waals surface area contributed by atoms with Gasteiger partial charge in [-0.3, -0.25) is 9.80 Å². The van der Waals surface area contributed by atoms with Crippen LogP contribution in [-0.4, -0.2) is 65.7 Å². The first-order chi connectivity index (χ1) is 14.3. The van der Waals surface area contributed by atoms with Crippen molar-refractivity contribution in [2.75, 3.05) is 31.9 Å². The number of likely N-dealkylation sites (tertiary alicyclic amines) is 1. The fourth-order valence-electron chi connectivity index (χ4n) is 4.44. The van der Waals surface area contributed by atoms with Gasteiger partial charge in [-0.15, -0.1) is 0 Å². The molecule has 0 radical (unpaired) electrons. The normalized spacial score (nSPS) is 18.0. The third-order valence-corrected chi connectivity index (χ3v) is 7.87. The summed E-state index contributed by atoms with van der Waals surface area (Å²) < 4.78 is 28.0. The number of benzene rings is 1. The summed E-state index contributed by atoms with van der Waals surface area (Å²) in [5.74, 6) is 0.181. The predicted octanol–water partition coefficient (Wildman–Crippen LogP) is 3.28. The molecular formula is C23H36N4O2S. The molecule has 6 nitrogen and oxygen atoms in total. The Morgan fingerprint density at radius 3 is 2.47 bits per heavy atom. The third kappa shape index (κ3) is 5.50. The van der Waals surface area contributed by atoms with Crippen LogP contribution in [0.5, 0.6) is 0 Å². The topological polar surface area (TPSA) is 58.4 Å². The number of nitrogens with zero attached hydrogens (tertiary/aromatic N) is 4. The first-order valence-corrected chi connectivity index (χ1v) is 12.8. The van der Waals surface area contributed by atoms with Crippen LogP contribution in [0.15, 0.2) is 41.7 Å². The van der Waals surface area contributed by atoms with E-state index in [1.54, 1.807) is 6.20 Å². The zero-order valence-electron chi connectivity index (χ0n) is 18.8. The van der Waals surface area contributed by atoms with Gasteiger partial charge in [-0.2, -0.15) is 0 Å². The van der Waals surface area contributed by atoms with E-state index in [9.17, 15) is 8.42 Å². The van der Waals surface area contributed by atoms with Gasteiger partial charge < -0.3 is 4.57 Å². The minimum Gasteiger partial charge on any atom is -0.313 e. The molecule has 0 amide bonds. The van der Waals surface area contributed by atoms with E-state index >= 15 is 0 Å².